The number of pyridine rings is 1. The minimum absolute atomic E-state index is 0.143. The number of nitrogens with one attached hydrogen (secondary N) is 1. The Labute approximate surface area is 129 Å². The van der Waals surface area contributed by atoms with E-state index in [0.29, 0.717) is 6.54 Å². The van der Waals surface area contributed by atoms with Crippen LogP contribution in [0.25, 0.3) is 11.0 Å². The normalized spacial score (nSPS) is 12.6. The third-order valence-electron chi connectivity index (χ3n) is 3.69. The lowest BCUT2D eigenvalue weighted by atomic mass is 10.0. The topological polar surface area (TPSA) is 58.3 Å². The van der Waals surface area contributed by atoms with Crippen molar-refractivity contribution in [2.75, 3.05) is 13.2 Å². The molecule has 4 nitrogen and oxygen atoms in total. The van der Waals surface area contributed by atoms with Crippen molar-refractivity contribution in [1.29, 1.82) is 0 Å². The summed E-state index contributed by atoms with van der Waals surface area (Å²) in [4.78, 5) is 4.30. The summed E-state index contributed by atoms with van der Waals surface area (Å²) in [7, 11) is 0. The van der Waals surface area contributed by atoms with E-state index < -0.39 is 0 Å². The van der Waals surface area contributed by atoms with E-state index in [4.69, 9.17) is 4.42 Å². The van der Waals surface area contributed by atoms with E-state index in [2.05, 4.69) is 16.4 Å². The van der Waals surface area contributed by atoms with Crippen LogP contribution in [0.15, 0.2) is 59.1 Å². The van der Waals surface area contributed by atoms with Gasteiger partial charge in [-0.3, -0.25) is 4.98 Å². The van der Waals surface area contributed by atoms with Crippen LogP contribution in [-0.4, -0.2) is 23.2 Å². The number of nitrogens with zero attached hydrogens (tertiary/aromatic N) is 1. The Kier molecular flexibility index (Phi) is 4.83. The molecule has 2 heterocycles. The molecule has 0 saturated carbocycles. The molecular formula is C18H20N2O2. The first-order valence-corrected chi connectivity index (χ1v) is 7.54. The van der Waals surface area contributed by atoms with Crippen LogP contribution < -0.4 is 5.32 Å². The number of hydrogen-bond acceptors (Lipinski definition) is 4. The Hall–Kier alpha value is -2.17. The number of fused-ring (bicyclic) bond motifs is 1. The first kappa shape index (κ1) is 14.8. The van der Waals surface area contributed by atoms with Gasteiger partial charge < -0.3 is 14.8 Å². The fourth-order valence-electron chi connectivity index (χ4n) is 2.54. The van der Waals surface area contributed by atoms with Crippen molar-refractivity contribution >= 4 is 11.0 Å². The number of aromatic nitrogens is 1. The second-order valence-corrected chi connectivity index (χ2v) is 5.46. The van der Waals surface area contributed by atoms with E-state index in [0.717, 1.165) is 35.4 Å². The molecule has 2 N–H and O–H groups in total. The third kappa shape index (κ3) is 3.72. The molecule has 2 aromatic heterocycles. The molecule has 0 spiro atoms. The zero-order valence-corrected chi connectivity index (χ0v) is 12.4. The Morgan fingerprint density at radius 3 is 2.77 bits per heavy atom. The summed E-state index contributed by atoms with van der Waals surface area (Å²) in [5.74, 6) is 1.06. The van der Waals surface area contributed by atoms with Crippen molar-refractivity contribution in [1.82, 2.24) is 10.3 Å². The van der Waals surface area contributed by atoms with Gasteiger partial charge in [0.1, 0.15) is 11.3 Å². The maximum atomic E-state index is 9.51. The maximum absolute atomic E-state index is 9.51. The summed E-state index contributed by atoms with van der Waals surface area (Å²) < 4.78 is 5.76. The highest BCUT2D eigenvalue weighted by Crippen LogP contribution is 2.18. The van der Waals surface area contributed by atoms with Gasteiger partial charge in [0.15, 0.2) is 0 Å². The molecule has 1 aromatic carbocycles. The second-order valence-electron chi connectivity index (χ2n) is 5.46. The van der Waals surface area contributed by atoms with Crippen LogP contribution in [-0.2, 0) is 13.0 Å². The molecule has 114 valence electrons. The fourth-order valence-corrected chi connectivity index (χ4v) is 2.54. The zero-order valence-electron chi connectivity index (χ0n) is 12.4. The third-order valence-corrected chi connectivity index (χ3v) is 3.69. The first-order valence-electron chi connectivity index (χ1n) is 7.54. The summed E-state index contributed by atoms with van der Waals surface area (Å²) in [6.45, 7) is 1.53. The summed E-state index contributed by atoms with van der Waals surface area (Å²) in [6.07, 6.45) is 2.55. The molecule has 0 aliphatic carbocycles. The smallest absolute Gasteiger partial charge is 0.134 e. The number of furan rings is 1. The SMILES string of the molecule is OCC(CNCc1cc2ccccc2o1)Cc1ccccn1. The predicted octanol–water partition coefficient (Wildman–Crippen LogP) is 2.77. The molecule has 1 unspecified atom stereocenters. The van der Waals surface area contributed by atoms with E-state index in [1.807, 2.05) is 42.5 Å². The van der Waals surface area contributed by atoms with Gasteiger partial charge in [0.05, 0.1) is 6.54 Å². The van der Waals surface area contributed by atoms with Gasteiger partial charge in [0.25, 0.3) is 0 Å². The van der Waals surface area contributed by atoms with Crippen LogP contribution in [0.2, 0.25) is 0 Å². The minimum atomic E-state index is 0.143. The molecule has 0 saturated heterocycles. The first-order chi connectivity index (χ1) is 10.8. The zero-order chi connectivity index (χ0) is 15.2. The molecular weight excluding hydrogens is 276 g/mol. The molecule has 22 heavy (non-hydrogen) atoms. The Morgan fingerprint density at radius 2 is 2.00 bits per heavy atom. The number of aliphatic hydroxyl groups is 1. The summed E-state index contributed by atoms with van der Waals surface area (Å²) in [5.41, 5.74) is 1.92. The Bertz CT molecular complexity index is 676. The molecule has 0 aliphatic rings. The van der Waals surface area contributed by atoms with Gasteiger partial charge in [-0.15, -0.1) is 0 Å². The van der Waals surface area contributed by atoms with E-state index in [9.17, 15) is 5.11 Å². The molecule has 0 amide bonds. The fraction of sp³-hybridized carbons (Fsp3) is 0.278. The molecule has 4 heteroatoms. The van der Waals surface area contributed by atoms with Crippen molar-refractivity contribution in [2.24, 2.45) is 5.92 Å². The van der Waals surface area contributed by atoms with Crippen LogP contribution in [0.4, 0.5) is 0 Å². The lowest BCUT2D eigenvalue weighted by Gasteiger charge is -2.14. The molecule has 0 bridgehead atoms. The van der Waals surface area contributed by atoms with Gasteiger partial charge in [-0.25, -0.2) is 0 Å². The molecule has 3 aromatic rings. The highest BCUT2D eigenvalue weighted by Gasteiger charge is 2.10. The highest BCUT2D eigenvalue weighted by molar-refractivity contribution is 5.77. The van der Waals surface area contributed by atoms with Crippen LogP contribution in [0, 0.1) is 5.92 Å². The number of aliphatic hydroxyl groups excluding tert-OH is 1. The number of hydrogen-bond donors (Lipinski definition) is 2. The maximum Gasteiger partial charge on any atom is 0.134 e. The average Bonchev–Trinajstić information content (AvgIpc) is 2.97. The monoisotopic (exact) mass is 296 g/mol. The van der Waals surface area contributed by atoms with E-state index >= 15 is 0 Å². The number of rotatable bonds is 7. The highest BCUT2D eigenvalue weighted by atomic mass is 16.3. The van der Waals surface area contributed by atoms with Gasteiger partial charge in [-0.1, -0.05) is 24.3 Å². The van der Waals surface area contributed by atoms with E-state index in [1.54, 1.807) is 6.20 Å². The standard InChI is InChI=1S/C18H20N2O2/c21-13-14(9-16-6-3-4-8-20-16)11-19-12-17-10-15-5-1-2-7-18(15)22-17/h1-8,10,14,19,21H,9,11-13H2. The number of benzene rings is 1. The lowest BCUT2D eigenvalue weighted by molar-refractivity contribution is 0.220. The largest absolute Gasteiger partial charge is 0.460 e. The van der Waals surface area contributed by atoms with Crippen molar-refractivity contribution in [3.05, 3.63) is 66.2 Å². The van der Waals surface area contributed by atoms with Crippen molar-refractivity contribution in [3.63, 3.8) is 0 Å². The van der Waals surface area contributed by atoms with Gasteiger partial charge in [0, 0.05) is 30.4 Å². The van der Waals surface area contributed by atoms with E-state index in [-0.39, 0.29) is 12.5 Å². The lowest BCUT2D eigenvalue weighted by Crippen LogP contribution is -2.26. The van der Waals surface area contributed by atoms with Crippen LogP contribution >= 0.6 is 0 Å². The summed E-state index contributed by atoms with van der Waals surface area (Å²) >= 11 is 0. The van der Waals surface area contributed by atoms with Gasteiger partial charge in [-0.05, 0) is 36.6 Å². The molecule has 0 fully saturated rings. The minimum Gasteiger partial charge on any atom is -0.460 e. The van der Waals surface area contributed by atoms with Crippen LogP contribution in [0.5, 0.6) is 0 Å². The van der Waals surface area contributed by atoms with Crippen molar-refractivity contribution < 1.29 is 9.52 Å². The Balaban J connectivity index is 1.52. The Morgan fingerprint density at radius 1 is 1.14 bits per heavy atom. The molecule has 0 aliphatic heterocycles. The van der Waals surface area contributed by atoms with Crippen LogP contribution in [0.3, 0.4) is 0 Å². The van der Waals surface area contributed by atoms with Gasteiger partial charge in [-0.2, -0.15) is 0 Å². The molecule has 1 atom stereocenters. The van der Waals surface area contributed by atoms with Gasteiger partial charge in [0.2, 0.25) is 0 Å². The summed E-state index contributed by atoms with van der Waals surface area (Å²) in [5, 5.41) is 14.0. The number of para-hydroxylation sites is 1. The van der Waals surface area contributed by atoms with Crippen molar-refractivity contribution in [2.45, 2.75) is 13.0 Å². The van der Waals surface area contributed by atoms with Gasteiger partial charge >= 0.3 is 0 Å². The quantitative estimate of drug-likeness (QED) is 0.704. The van der Waals surface area contributed by atoms with Crippen LogP contribution in [0.1, 0.15) is 11.5 Å². The molecule has 3 rings (SSSR count). The van der Waals surface area contributed by atoms with E-state index in [1.165, 1.54) is 0 Å². The average molecular weight is 296 g/mol. The predicted molar refractivity (Wildman–Crippen MR) is 86.4 cm³/mol. The molecule has 0 radical (unpaired) electrons. The second kappa shape index (κ2) is 7.20. The van der Waals surface area contributed by atoms with Crippen molar-refractivity contribution in [3.8, 4) is 0 Å². The summed E-state index contributed by atoms with van der Waals surface area (Å²) in [6, 6.07) is 15.9.